The molecule has 3 rings (SSSR count). The average molecular weight is 341 g/mol. The summed E-state index contributed by atoms with van der Waals surface area (Å²) in [6.07, 6.45) is 0.309. The Bertz CT molecular complexity index is 879. The van der Waals surface area contributed by atoms with Gasteiger partial charge in [0.2, 0.25) is 5.75 Å². The molecule has 0 fully saturated rings. The zero-order chi connectivity index (χ0) is 17.8. The zero-order valence-electron chi connectivity index (χ0n) is 13.6. The largest absolute Gasteiger partial charge is 0.493 e. The van der Waals surface area contributed by atoms with E-state index in [4.69, 9.17) is 15.2 Å². The average Bonchev–Trinajstić information content (AvgIpc) is 2.60. The normalized spacial score (nSPS) is 10.5. The Balaban J connectivity index is 1.94. The number of hydrogen-bond acceptors (Lipinski definition) is 3. The van der Waals surface area contributed by atoms with E-state index in [9.17, 15) is 8.78 Å². The van der Waals surface area contributed by atoms with Crippen molar-refractivity contribution in [1.29, 1.82) is 0 Å². The van der Waals surface area contributed by atoms with Gasteiger partial charge in [0.25, 0.3) is 0 Å². The molecule has 128 valence electrons. The molecule has 0 atom stereocenters. The highest BCUT2D eigenvalue weighted by Gasteiger charge is 2.17. The van der Waals surface area contributed by atoms with Crippen LogP contribution in [-0.2, 0) is 6.42 Å². The minimum Gasteiger partial charge on any atom is -0.493 e. The highest BCUT2D eigenvalue weighted by Crippen LogP contribution is 2.37. The summed E-state index contributed by atoms with van der Waals surface area (Å²) in [5, 5.41) is 0. The third kappa shape index (κ3) is 3.88. The first-order chi connectivity index (χ1) is 12.1. The lowest BCUT2D eigenvalue weighted by molar-refractivity contribution is 0.363. The van der Waals surface area contributed by atoms with Crippen molar-refractivity contribution in [3.8, 4) is 17.2 Å². The van der Waals surface area contributed by atoms with Crippen molar-refractivity contribution in [2.24, 2.45) is 0 Å². The first-order valence-corrected chi connectivity index (χ1v) is 7.70. The van der Waals surface area contributed by atoms with Gasteiger partial charge in [-0.2, -0.15) is 0 Å². The molecule has 3 nitrogen and oxygen atoms in total. The van der Waals surface area contributed by atoms with Crippen molar-refractivity contribution in [2.75, 3.05) is 12.8 Å². The molecule has 3 aromatic carbocycles. The lowest BCUT2D eigenvalue weighted by Crippen LogP contribution is -1.99. The number of hydrogen-bond donors (Lipinski definition) is 1. The van der Waals surface area contributed by atoms with E-state index in [-0.39, 0.29) is 17.3 Å². The second-order valence-electron chi connectivity index (χ2n) is 5.55. The third-order valence-electron chi connectivity index (χ3n) is 3.75. The molecular formula is C20H17F2NO2. The first-order valence-electron chi connectivity index (χ1n) is 7.70. The number of anilines is 1. The van der Waals surface area contributed by atoms with Crippen LogP contribution in [0.15, 0.2) is 60.7 Å². The predicted molar refractivity (Wildman–Crippen MR) is 93.1 cm³/mol. The van der Waals surface area contributed by atoms with E-state index in [2.05, 4.69) is 0 Å². The molecule has 0 bridgehead atoms. The van der Waals surface area contributed by atoms with Gasteiger partial charge in [0.15, 0.2) is 11.6 Å². The number of rotatable bonds is 5. The predicted octanol–water partition coefficient (Wildman–Crippen LogP) is 4.94. The lowest BCUT2D eigenvalue weighted by atomic mass is 10.0. The molecule has 0 aliphatic rings. The van der Waals surface area contributed by atoms with Crippen molar-refractivity contribution in [1.82, 2.24) is 0 Å². The maximum Gasteiger partial charge on any atom is 0.205 e. The van der Waals surface area contributed by atoms with Crippen LogP contribution in [0.3, 0.4) is 0 Å². The van der Waals surface area contributed by atoms with E-state index < -0.39 is 5.82 Å². The maximum atomic E-state index is 15.0. The van der Waals surface area contributed by atoms with Gasteiger partial charge < -0.3 is 15.2 Å². The summed E-state index contributed by atoms with van der Waals surface area (Å²) in [6.45, 7) is 0. The van der Waals surface area contributed by atoms with Gasteiger partial charge in [-0.15, -0.1) is 0 Å². The van der Waals surface area contributed by atoms with Crippen LogP contribution >= 0.6 is 0 Å². The fourth-order valence-corrected chi connectivity index (χ4v) is 2.49. The van der Waals surface area contributed by atoms with Gasteiger partial charge in [0, 0.05) is 18.2 Å². The Kier molecular flexibility index (Phi) is 4.84. The van der Waals surface area contributed by atoms with Crippen molar-refractivity contribution >= 4 is 5.69 Å². The highest BCUT2D eigenvalue weighted by molar-refractivity contribution is 5.50. The molecule has 5 heteroatoms. The number of ether oxygens (including phenoxy) is 2. The highest BCUT2D eigenvalue weighted by atomic mass is 19.1. The van der Waals surface area contributed by atoms with Crippen LogP contribution in [0.2, 0.25) is 0 Å². The smallest absolute Gasteiger partial charge is 0.205 e. The Hall–Kier alpha value is -3.08. The molecule has 0 spiro atoms. The van der Waals surface area contributed by atoms with Crippen molar-refractivity contribution in [2.45, 2.75) is 6.42 Å². The van der Waals surface area contributed by atoms with Crippen molar-refractivity contribution in [3.05, 3.63) is 83.4 Å². The SMILES string of the molecule is COc1ccc(Cc2ccc(F)cc2)c(F)c1Oc1cccc(N)c1. The van der Waals surface area contributed by atoms with Gasteiger partial charge in [-0.3, -0.25) is 0 Å². The van der Waals surface area contributed by atoms with Crippen LogP contribution in [-0.4, -0.2) is 7.11 Å². The van der Waals surface area contributed by atoms with Crippen molar-refractivity contribution in [3.63, 3.8) is 0 Å². The van der Waals surface area contributed by atoms with Crippen LogP contribution in [0.4, 0.5) is 14.5 Å². The van der Waals surface area contributed by atoms with Crippen LogP contribution in [0.25, 0.3) is 0 Å². The van der Waals surface area contributed by atoms with Gasteiger partial charge in [-0.1, -0.05) is 24.3 Å². The summed E-state index contributed by atoms with van der Waals surface area (Å²) >= 11 is 0. The molecule has 2 N–H and O–H groups in total. The quantitative estimate of drug-likeness (QED) is 0.669. The molecule has 0 saturated carbocycles. The molecule has 0 heterocycles. The van der Waals surface area contributed by atoms with Gasteiger partial charge >= 0.3 is 0 Å². The number of nitrogens with two attached hydrogens (primary N) is 1. The Morgan fingerprint density at radius 2 is 1.72 bits per heavy atom. The molecule has 0 unspecified atom stereocenters. The molecule has 0 aromatic heterocycles. The van der Waals surface area contributed by atoms with Crippen LogP contribution in [0.5, 0.6) is 17.2 Å². The van der Waals surface area contributed by atoms with E-state index in [1.54, 1.807) is 48.5 Å². The monoisotopic (exact) mass is 341 g/mol. The summed E-state index contributed by atoms with van der Waals surface area (Å²) in [5.41, 5.74) is 7.46. The second kappa shape index (κ2) is 7.21. The first kappa shape index (κ1) is 16.8. The molecule has 0 radical (unpaired) electrons. The van der Waals surface area contributed by atoms with E-state index >= 15 is 0 Å². The minimum atomic E-state index is -0.522. The third-order valence-corrected chi connectivity index (χ3v) is 3.75. The van der Waals surface area contributed by atoms with Gasteiger partial charge in [-0.05, 0) is 41.5 Å². The summed E-state index contributed by atoms with van der Waals surface area (Å²) in [6, 6.07) is 15.9. The number of halogens is 2. The van der Waals surface area contributed by atoms with E-state index in [1.165, 1.54) is 19.2 Å². The van der Waals surface area contributed by atoms with E-state index in [1.807, 2.05) is 0 Å². The standard InChI is InChI=1S/C20H17F2NO2/c1-24-18-10-7-14(11-13-5-8-15(21)9-6-13)19(22)20(18)25-17-4-2-3-16(23)12-17/h2-10,12H,11,23H2,1H3. The molecule has 25 heavy (non-hydrogen) atoms. The topological polar surface area (TPSA) is 44.5 Å². The fraction of sp³-hybridized carbons (Fsp3) is 0.100. The summed E-state index contributed by atoms with van der Waals surface area (Å²) in [4.78, 5) is 0. The van der Waals surface area contributed by atoms with E-state index in [0.29, 0.717) is 23.4 Å². The fourth-order valence-electron chi connectivity index (χ4n) is 2.49. The Morgan fingerprint density at radius 1 is 0.960 bits per heavy atom. The van der Waals surface area contributed by atoms with Gasteiger partial charge in [-0.25, -0.2) is 8.78 Å². The Morgan fingerprint density at radius 3 is 2.40 bits per heavy atom. The summed E-state index contributed by atoms with van der Waals surface area (Å²) < 4.78 is 38.9. The molecule has 0 amide bonds. The lowest BCUT2D eigenvalue weighted by Gasteiger charge is -2.14. The number of nitrogen functional groups attached to an aromatic ring is 1. The van der Waals surface area contributed by atoms with Crippen LogP contribution in [0.1, 0.15) is 11.1 Å². The second-order valence-corrected chi connectivity index (χ2v) is 5.55. The Labute approximate surface area is 144 Å². The van der Waals surface area contributed by atoms with Crippen molar-refractivity contribution < 1.29 is 18.3 Å². The van der Waals surface area contributed by atoms with Crippen LogP contribution in [0, 0.1) is 11.6 Å². The molecular weight excluding hydrogens is 324 g/mol. The van der Waals surface area contributed by atoms with E-state index in [0.717, 1.165) is 5.56 Å². The summed E-state index contributed by atoms with van der Waals surface area (Å²) in [7, 11) is 1.45. The summed E-state index contributed by atoms with van der Waals surface area (Å²) in [5.74, 6) is -0.164. The zero-order valence-corrected chi connectivity index (χ0v) is 13.6. The number of benzene rings is 3. The molecule has 0 saturated heterocycles. The molecule has 3 aromatic rings. The minimum absolute atomic E-state index is 0.00675. The molecule has 0 aliphatic heterocycles. The van der Waals surface area contributed by atoms with Crippen LogP contribution < -0.4 is 15.2 Å². The maximum absolute atomic E-state index is 15.0. The number of methoxy groups -OCH3 is 1. The van der Waals surface area contributed by atoms with Gasteiger partial charge in [0.1, 0.15) is 11.6 Å². The van der Waals surface area contributed by atoms with Gasteiger partial charge in [0.05, 0.1) is 7.11 Å². The molecule has 0 aliphatic carbocycles.